The number of nitrogens with two attached hydrogens (primary N) is 1. The van der Waals surface area contributed by atoms with E-state index in [9.17, 15) is 0 Å². The highest BCUT2D eigenvalue weighted by molar-refractivity contribution is 5.09. The fourth-order valence-electron chi connectivity index (χ4n) is 2.00. The van der Waals surface area contributed by atoms with Gasteiger partial charge in [-0.05, 0) is 34.0 Å². The quantitative estimate of drug-likeness (QED) is 0.428. The van der Waals surface area contributed by atoms with E-state index in [1.54, 1.807) is 0 Å². The predicted molar refractivity (Wildman–Crippen MR) is 55.2 cm³/mol. The molecule has 77 valence electrons. The molecule has 1 saturated carbocycles. The summed E-state index contributed by atoms with van der Waals surface area (Å²) in [6, 6.07) is 0.644. The lowest BCUT2D eigenvalue weighted by Crippen LogP contribution is -2.63. The van der Waals surface area contributed by atoms with E-state index in [2.05, 4.69) is 22.4 Å². The van der Waals surface area contributed by atoms with Crippen molar-refractivity contribution in [3.05, 3.63) is 6.42 Å². The molecule has 0 heterocycles. The number of hydrogen-bond donors (Lipinski definition) is 4. The van der Waals surface area contributed by atoms with Crippen LogP contribution >= 0.6 is 0 Å². The molecule has 2 atom stereocenters. The van der Waals surface area contributed by atoms with Gasteiger partial charge in [0.05, 0.1) is 5.66 Å². The Morgan fingerprint density at radius 1 is 1.31 bits per heavy atom. The minimum absolute atomic E-state index is 0.106. The molecule has 13 heavy (non-hydrogen) atoms. The van der Waals surface area contributed by atoms with Crippen LogP contribution in [0, 0.1) is 6.42 Å². The maximum atomic E-state index is 5.99. The molecule has 0 spiro atoms. The van der Waals surface area contributed by atoms with Crippen LogP contribution < -0.4 is 21.7 Å². The summed E-state index contributed by atoms with van der Waals surface area (Å²) in [5, 5.41) is 9.79. The van der Waals surface area contributed by atoms with Crippen LogP contribution in [0.5, 0.6) is 0 Å². The van der Waals surface area contributed by atoms with E-state index < -0.39 is 0 Å². The lowest BCUT2D eigenvalue weighted by Gasteiger charge is -2.43. The zero-order valence-electron chi connectivity index (χ0n) is 8.72. The van der Waals surface area contributed by atoms with Crippen LogP contribution in [0.25, 0.3) is 0 Å². The second-order valence-corrected chi connectivity index (χ2v) is 3.73. The number of rotatable bonds is 3. The van der Waals surface area contributed by atoms with Crippen molar-refractivity contribution in [3.8, 4) is 0 Å². The van der Waals surface area contributed by atoms with Gasteiger partial charge in [0.25, 0.3) is 0 Å². The zero-order chi connectivity index (χ0) is 9.90. The van der Waals surface area contributed by atoms with Gasteiger partial charge >= 0.3 is 0 Å². The van der Waals surface area contributed by atoms with E-state index in [1.165, 1.54) is 0 Å². The zero-order valence-corrected chi connectivity index (χ0v) is 8.72. The third kappa shape index (κ3) is 2.40. The summed E-state index contributed by atoms with van der Waals surface area (Å²) < 4.78 is 0. The molecule has 0 amide bonds. The topological polar surface area (TPSA) is 62.1 Å². The number of nitrogens with one attached hydrogen (secondary N) is 3. The molecule has 5 N–H and O–H groups in total. The summed E-state index contributed by atoms with van der Waals surface area (Å²) in [6.07, 6.45) is 4.22. The van der Waals surface area contributed by atoms with Gasteiger partial charge in [0.2, 0.25) is 0 Å². The van der Waals surface area contributed by atoms with Crippen molar-refractivity contribution in [3.63, 3.8) is 0 Å². The van der Waals surface area contributed by atoms with Crippen molar-refractivity contribution in [2.75, 3.05) is 21.1 Å². The summed E-state index contributed by atoms with van der Waals surface area (Å²) >= 11 is 0. The van der Waals surface area contributed by atoms with E-state index in [0.29, 0.717) is 6.04 Å². The molecule has 1 fully saturated rings. The minimum Gasteiger partial charge on any atom is -0.328 e. The van der Waals surface area contributed by atoms with Gasteiger partial charge in [-0.1, -0.05) is 0 Å². The maximum absolute atomic E-state index is 5.99. The van der Waals surface area contributed by atoms with Crippen molar-refractivity contribution in [1.29, 1.82) is 0 Å². The predicted octanol–water partition coefficient (Wildman–Crippen LogP) is -0.965. The molecule has 0 aromatic carbocycles. The molecule has 1 radical (unpaired) electrons. The Morgan fingerprint density at radius 2 is 1.92 bits per heavy atom. The third-order valence-electron chi connectivity index (χ3n) is 2.89. The van der Waals surface area contributed by atoms with Crippen molar-refractivity contribution in [2.45, 2.75) is 30.6 Å². The van der Waals surface area contributed by atoms with E-state index in [4.69, 9.17) is 5.73 Å². The average molecular weight is 185 g/mol. The molecule has 0 aliphatic heterocycles. The lowest BCUT2D eigenvalue weighted by atomic mass is 9.82. The van der Waals surface area contributed by atoms with Crippen LogP contribution in [-0.2, 0) is 0 Å². The largest absolute Gasteiger partial charge is 0.328 e. The van der Waals surface area contributed by atoms with Gasteiger partial charge in [0.1, 0.15) is 0 Å². The maximum Gasteiger partial charge on any atom is 0.0745 e. The van der Waals surface area contributed by atoms with Gasteiger partial charge in [-0.2, -0.15) is 0 Å². The van der Waals surface area contributed by atoms with Crippen molar-refractivity contribution < 1.29 is 0 Å². The fourth-order valence-corrected chi connectivity index (χ4v) is 2.00. The van der Waals surface area contributed by atoms with Crippen LogP contribution in [0.2, 0.25) is 0 Å². The second kappa shape index (κ2) is 4.37. The first-order valence-electron chi connectivity index (χ1n) is 4.82. The van der Waals surface area contributed by atoms with E-state index >= 15 is 0 Å². The van der Waals surface area contributed by atoms with Gasteiger partial charge in [-0.15, -0.1) is 0 Å². The first-order valence-corrected chi connectivity index (χ1v) is 4.82. The number of hydrogen-bond acceptors (Lipinski definition) is 4. The lowest BCUT2D eigenvalue weighted by molar-refractivity contribution is 0.228. The molecule has 1 aliphatic carbocycles. The summed E-state index contributed by atoms with van der Waals surface area (Å²) in [6.45, 7) is 0. The highest BCUT2D eigenvalue weighted by Crippen LogP contribution is 2.23. The van der Waals surface area contributed by atoms with Gasteiger partial charge in [0.15, 0.2) is 0 Å². The minimum atomic E-state index is -0.106. The molecule has 0 aromatic heterocycles. The summed E-state index contributed by atoms with van der Waals surface area (Å²) in [5.74, 6) is 0. The van der Waals surface area contributed by atoms with Gasteiger partial charge in [0, 0.05) is 18.5 Å². The monoisotopic (exact) mass is 185 g/mol. The molecule has 0 aromatic rings. The Balaban J connectivity index is 2.64. The van der Waals surface area contributed by atoms with E-state index in [1.807, 2.05) is 21.1 Å². The Morgan fingerprint density at radius 3 is 2.38 bits per heavy atom. The second-order valence-electron chi connectivity index (χ2n) is 3.73. The van der Waals surface area contributed by atoms with Crippen LogP contribution in [0.1, 0.15) is 12.8 Å². The first kappa shape index (κ1) is 10.9. The van der Waals surface area contributed by atoms with Crippen LogP contribution in [0.15, 0.2) is 0 Å². The molecule has 2 unspecified atom stereocenters. The van der Waals surface area contributed by atoms with Gasteiger partial charge in [-0.3, -0.25) is 0 Å². The van der Waals surface area contributed by atoms with Crippen molar-refractivity contribution >= 4 is 0 Å². The Labute approximate surface area is 80.6 Å². The molecule has 4 heteroatoms. The molecule has 4 nitrogen and oxygen atoms in total. The Kier molecular flexibility index (Phi) is 3.67. The molecule has 1 rings (SSSR count). The standard InChI is InChI=1S/C9H21N4/c1-11-8-4-7(10)5-9(6-8,12-2)13-3/h6-8,11-13H,4-5,10H2,1-3H3. The molecular formula is C9H21N4. The molecule has 0 saturated heterocycles. The summed E-state index contributed by atoms with van der Waals surface area (Å²) in [7, 11) is 5.88. The molecule has 0 bridgehead atoms. The first-order chi connectivity index (χ1) is 6.15. The van der Waals surface area contributed by atoms with Crippen molar-refractivity contribution in [2.24, 2.45) is 5.73 Å². The van der Waals surface area contributed by atoms with Crippen LogP contribution in [-0.4, -0.2) is 38.9 Å². The fraction of sp³-hybridized carbons (Fsp3) is 0.889. The van der Waals surface area contributed by atoms with E-state index in [0.717, 1.165) is 12.8 Å². The summed E-state index contributed by atoms with van der Waals surface area (Å²) in [5.41, 5.74) is 5.88. The third-order valence-corrected chi connectivity index (χ3v) is 2.89. The van der Waals surface area contributed by atoms with Gasteiger partial charge in [-0.25, -0.2) is 0 Å². The smallest absolute Gasteiger partial charge is 0.0745 e. The van der Waals surface area contributed by atoms with Gasteiger partial charge < -0.3 is 21.7 Å². The summed E-state index contributed by atoms with van der Waals surface area (Å²) in [4.78, 5) is 0. The van der Waals surface area contributed by atoms with Crippen LogP contribution in [0.3, 0.4) is 0 Å². The normalized spacial score (nSPS) is 33.2. The highest BCUT2D eigenvalue weighted by Gasteiger charge is 2.36. The Bertz CT molecular complexity index is 156. The van der Waals surface area contributed by atoms with Crippen molar-refractivity contribution in [1.82, 2.24) is 16.0 Å². The molecule has 1 aliphatic rings. The van der Waals surface area contributed by atoms with E-state index in [-0.39, 0.29) is 11.7 Å². The molecular weight excluding hydrogens is 164 g/mol. The van der Waals surface area contributed by atoms with Crippen LogP contribution in [0.4, 0.5) is 0 Å². The Hall–Kier alpha value is -0.160. The average Bonchev–Trinajstić information content (AvgIpc) is 2.16. The SMILES string of the molecule is CNC1[CH]C(NC)(NC)CC(N)C1. The highest BCUT2D eigenvalue weighted by atomic mass is 15.2.